The number of benzene rings is 1. The Hall–Kier alpha value is -1.54. The van der Waals surface area contributed by atoms with Crippen molar-refractivity contribution in [2.75, 3.05) is 25.1 Å². The van der Waals surface area contributed by atoms with Gasteiger partial charge in [0.1, 0.15) is 6.07 Å². The van der Waals surface area contributed by atoms with E-state index in [1.807, 2.05) is 19.1 Å². The van der Waals surface area contributed by atoms with E-state index in [2.05, 4.69) is 31.6 Å². The highest BCUT2D eigenvalue weighted by atomic mass is 79.9. The first-order valence-corrected chi connectivity index (χ1v) is 6.43. The molecule has 96 valence electrons. The second-order valence-corrected chi connectivity index (χ2v) is 4.54. The molecule has 1 rings (SSSR count). The van der Waals surface area contributed by atoms with Crippen LogP contribution in [0, 0.1) is 11.3 Å². The third kappa shape index (κ3) is 3.74. The highest BCUT2D eigenvalue weighted by molar-refractivity contribution is 9.10. The summed E-state index contributed by atoms with van der Waals surface area (Å²) < 4.78 is 5.39. The predicted molar refractivity (Wildman–Crippen MR) is 73.4 cm³/mol. The zero-order valence-electron chi connectivity index (χ0n) is 10.4. The molecule has 0 aliphatic carbocycles. The third-order valence-corrected chi connectivity index (χ3v) is 3.29. The Kier molecular flexibility index (Phi) is 5.66. The number of methoxy groups -OCH3 is 1. The smallest absolute Gasteiger partial charge is 0.307 e. The van der Waals surface area contributed by atoms with Gasteiger partial charge < -0.3 is 9.64 Å². The molecule has 0 heterocycles. The average molecular weight is 311 g/mol. The van der Waals surface area contributed by atoms with Crippen molar-refractivity contribution in [1.29, 1.82) is 5.26 Å². The van der Waals surface area contributed by atoms with Crippen molar-refractivity contribution in [2.24, 2.45) is 0 Å². The van der Waals surface area contributed by atoms with Crippen LogP contribution in [0.15, 0.2) is 22.7 Å². The Labute approximate surface area is 115 Å². The van der Waals surface area contributed by atoms with Gasteiger partial charge in [-0.2, -0.15) is 5.26 Å². The van der Waals surface area contributed by atoms with Gasteiger partial charge in [0.05, 0.1) is 19.1 Å². The largest absolute Gasteiger partial charge is 0.469 e. The molecule has 0 spiro atoms. The van der Waals surface area contributed by atoms with Crippen molar-refractivity contribution in [1.82, 2.24) is 0 Å². The number of anilines is 1. The lowest BCUT2D eigenvalue weighted by Crippen LogP contribution is -2.26. The summed E-state index contributed by atoms with van der Waals surface area (Å²) in [5.74, 6) is -0.221. The summed E-state index contributed by atoms with van der Waals surface area (Å²) in [6.07, 6.45) is 0.349. The number of carbonyl (C=O) groups is 1. The Morgan fingerprint density at radius 2 is 2.28 bits per heavy atom. The summed E-state index contributed by atoms with van der Waals surface area (Å²) in [4.78, 5) is 13.2. The van der Waals surface area contributed by atoms with E-state index in [1.54, 1.807) is 6.07 Å². The monoisotopic (exact) mass is 310 g/mol. The minimum absolute atomic E-state index is 0.221. The Morgan fingerprint density at radius 3 is 2.78 bits per heavy atom. The number of hydrogen-bond acceptors (Lipinski definition) is 4. The van der Waals surface area contributed by atoms with Gasteiger partial charge in [0.25, 0.3) is 0 Å². The Balaban J connectivity index is 2.79. The number of nitriles is 1. The van der Waals surface area contributed by atoms with Gasteiger partial charge in [-0.25, -0.2) is 0 Å². The molecular formula is C13H15BrN2O2. The predicted octanol–water partition coefficient (Wildman–Crippen LogP) is 2.71. The highest BCUT2D eigenvalue weighted by Gasteiger charge is 2.09. The molecule has 0 radical (unpaired) electrons. The standard InChI is InChI=1S/C13H15BrN2O2/c1-3-16(7-6-13(17)18-2)11-5-4-10(9-15)12(14)8-11/h4-5,8H,3,6-7H2,1-2H3. The van der Waals surface area contributed by atoms with Crippen LogP contribution in [0.25, 0.3) is 0 Å². The minimum atomic E-state index is -0.221. The number of esters is 1. The maximum absolute atomic E-state index is 11.1. The Bertz CT molecular complexity index is 469. The van der Waals surface area contributed by atoms with Crippen LogP contribution < -0.4 is 4.90 Å². The molecule has 0 bridgehead atoms. The molecule has 0 aliphatic rings. The fraction of sp³-hybridized carbons (Fsp3) is 0.385. The number of ether oxygens (including phenoxy) is 1. The van der Waals surface area contributed by atoms with Crippen molar-refractivity contribution in [3.8, 4) is 6.07 Å². The lowest BCUT2D eigenvalue weighted by molar-refractivity contribution is -0.140. The highest BCUT2D eigenvalue weighted by Crippen LogP contribution is 2.23. The van der Waals surface area contributed by atoms with Gasteiger partial charge >= 0.3 is 5.97 Å². The normalized spacial score (nSPS) is 9.67. The van der Waals surface area contributed by atoms with E-state index in [-0.39, 0.29) is 5.97 Å². The fourth-order valence-electron chi connectivity index (χ4n) is 1.59. The average Bonchev–Trinajstić information content (AvgIpc) is 2.39. The molecule has 1 aromatic carbocycles. The van der Waals surface area contributed by atoms with Gasteiger partial charge in [0, 0.05) is 23.2 Å². The van der Waals surface area contributed by atoms with Gasteiger partial charge in [-0.05, 0) is 41.1 Å². The zero-order chi connectivity index (χ0) is 13.5. The zero-order valence-corrected chi connectivity index (χ0v) is 12.0. The van der Waals surface area contributed by atoms with Gasteiger partial charge in [-0.3, -0.25) is 4.79 Å². The molecule has 0 unspecified atom stereocenters. The second-order valence-electron chi connectivity index (χ2n) is 3.68. The van der Waals surface area contributed by atoms with Gasteiger partial charge in [-0.15, -0.1) is 0 Å². The first kappa shape index (κ1) is 14.5. The summed E-state index contributed by atoms with van der Waals surface area (Å²) in [5.41, 5.74) is 1.58. The van der Waals surface area contributed by atoms with Crippen LogP contribution in [0.1, 0.15) is 18.9 Å². The number of rotatable bonds is 5. The van der Waals surface area contributed by atoms with Crippen molar-refractivity contribution < 1.29 is 9.53 Å². The molecule has 1 aromatic rings. The van der Waals surface area contributed by atoms with Crippen molar-refractivity contribution >= 4 is 27.6 Å². The van der Waals surface area contributed by atoms with Crippen LogP contribution in [0.5, 0.6) is 0 Å². The maximum atomic E-state index is 11.1. The second kappa shape index (κ2) is 7.02. The first-order valence-electron chi connectivity index (χ1n) is 5.63. The lowest BCUT2D eigenvalue weighted by atomic mass is 10.2. The first-order chi connectivity index (χ1) is 8.62. The molecule has 5 heteroatoms. The molecule has 4 nitrogen and oxygen atoms in total. The molecule has 0 fully saturated rings. The quantitative estimate of drug-likeness (QED) is 0.785. The lowest BCUT2D eigenvalue weighted by Gasteiger charge is -2.22. The van der Waals surface area contributed by atoms with Crippen LogP contribution in [-0.4, -0.2) is 26.2 Å². The van der Waals surface area contributed by atoms with Crippen molar-refractivity contribution in [3.05, 3.63) is 28.2 Å². The molecule has 0 aromatic heterocycles. The van der Waals surface area contributed by atoms with Crippen LogP contribution in [0.3, 0.4) is 0 Å². The number of carbonyl (C=O) groups excluding carboxylic acids is 1. The molecule has 0 aliphatic heterocycles. The van der Waals surface area contributed by atoms with Crippen molar-refractivity contribution in [2.45, 2.75) is 13.3 Å². The molecule has 0 saturated heterocycles. The molecule has 0 saturated carbocycles. The van der Waals surface area contributed by atoms with E-state index < -0.39 is 0 Å². The third-order valence-electron chi connectivity index (χ3n) is 2.63. The van der Waals surface area contributed by atoms with E-state index in [4.69, 9.17) is 5.26 Å². The number of hydrogen-bond donors (Lipinski definition) is 0. The summed E-state index contributed by atoms with van der Waals surface area (Å²) in [6.45, 7) is 3.40. The number of nitrogens with zero attached hydrogens (tertiary/aromatic N) is 2. The van der Waals surface area contributed by atoms with Gasteiger partial charge in [0.2, 0.25) is 0 Å². The molecule has 0 amide bonds. The minimum Gasteiger partial charge on any atom is -0.469 e. The van der Waals surface area contributed by atoms with E-state index in [9.17, 15) is 4.79 Å². The number of halogens is 1. The molecule has 18 heavy (non-hydrogen) atoms. The van der Waals surface area contributed by atoms with Gasteiger partial charge in [-0.1, -0.05) is 0 Å². The van der Waals surface area contributed by atoms with Crippen LogP contribution in [0.4, 0.5) is 5.69 Å². The van der Waals surface area contributed by atoms with Crippen LogP contribution >= 0.6 is 15.9 Å². The van der Waals surface area contributed by atoms with Crippen LogP contribution in [0.2, 0.25) is 0 Å². The maximum Gasteiger partial charge on any atom is 0.307 e. The Morgan fingerprint density at radius 1 is 1.56 bits per heavy atom. The topological polar surface area (TPSA) is 53.3 Å². The molecule has 0 N–H and O–H groups in total. The SMILES string of the molecule is CCN(CCC(=O)OC)c1ccc(C#N)c(Br)c1. The van der Waals surface area contributed by atoms with E-state index >= 15 is 0 Å². The molecule has 0 atom stereocenters. The van der Waals surface area contributed by atoms with E-state index in [0.29, 0.717) is 18.5 Å². The van der Waals surface area contributed by atoms with Crippen LogP contribution in [-0.2, 0) is 9.53 Å². The molecular weight excluding hydrogens is 296 g/mol. The summed E-state index contributed by atoms with van der Waals surface area (Å²) in [7, 11) is 1.39. The summed E-state index contributed by atoms with van der Waals surface area (Å²) in [6, 6.07) is 7.63. The van der Waals surface area contributed by atoms with Crippen molar-refractivity contribution in [3.63, 3.8) is 0 Å². The summed E-state index contributed by atoms with van der Waals surface area (Å²) >= 11 is 3.36. The fourth-order valence-corrected chi connectivity index (χ4v) is 2.04. The van der Waals surface area contributed by atoms with E-state index in [0.717, 1.165) is 16.7 Å². The van der Waals surface area contributed by atoms with E-state index in [1.165, 1.54) is 7.11 Å². The van der Waals surface area contributed by atoms with Gasteiger partial charge in [0.15, 0.2) is 0 Å². The summed E-state index contributed by atoms with van der Waals surface area (Å²) in [5, 5.41) is 8.86.